The number of fused-ring (bicyclic) bond motifs is 3. The smallest absolute Gasteiger partial charge is 0.271 e. The highest BCUT2D eigenvalue weighted by atomic mass is 32.1. The Hall–Kier alpha value is -3.06. The molecule has 0 fully saturated rings. The molecule has 4 rings (SSSR count). The first kappa shape index (κ1) is 15.5. The SMILES string of the molecule is CN(C(=O)Cn1cnc2c(sc3ncccc32)c1=O)c1ccccc1. The Morgan fingerprint density at radius 3 is 2.76 bits per heavy atom. The van der Waals surface area contributed by atoms with Crippen molar-refractivity contribution in [3.05, 3.63) is 65.3 Å². The Morgan fingerprint density at radius 2 is 1.96 bits per heavy atom. The second-order valence-corrected chi connectivity index (χ2v) is 6.60. The first-order valence-electron chi connectivity index (χ1n) is 7.69. The third-order valence-electron chi connectivity index (χ3n) is 4.04. The summed E-state index contributed by atoms with van der Waals surface area (Å²) in [7, 11) is 1.69. The van der Waals surface area contributed by atoms with Gasteiger partial charge in [-0.25, -0.2) is 9.97 Å². The number of carbonyl (C=O) groups is 1. The first-order chi connectivity index (χ1) is 12.1. The van der Waals surface area contributed by atoms with Gasteiger partial charge in [-0.2, -0.15) is 0 Å². The second kappa shape index (κ2) is 6.10. The van der Waals surface area contributed by atoms with Crippen molar-refractivity contribution in [1.82, 2.24) is 14.5 Å². The summed E-state index contributed by atoms with van der Waals surface area (Å²) >= 11 is 1.30. The number of pyridine rings is 1. The molecule has 6 nitrogen and oxygen atoms in total. The lowest BCUT2D eigenvalue weighted by Crippen LogP contribution is -2.33. The molecule has 3 aromatic heterocycles. The van der Waals surface area contributed by atoms with Crippen molar-refractivity contribution < 1.29 is 4.79 Å². The zero-order valence-corrected chi connectivity index (χ0v) is 14.2. The predicted molar refractivity (Wildman–Crippen MR) is 99.0 cm³/mol. The molecule has 0 saturated heterocycles. The van der Waals surface area contributed by atoms with E-state index in [2.05, 4.69) is 9.97 Å². The number of amides is 1. The van der Waals surface area contributed by atoms with Gasteiger partial charge in [-0.15, -0.1) is 11.3 Å². The third-order valence-corrected chi connectivity index (χ3v) is 5.14. The molecule has 0 unspecified atom stereocenters. The molecule has 0 bridgehead atoms. The van der Waals surface area contributed by atoms with Gasteiger partial charge in [0.25, 0.3) is 5.56 Å². The summed E-state index contributed by atoms with van der Waals surface area (Å²) in [6.07, 6.45) is 3.12. The molecular weight excluding hydrogens is 336 g/mol. The van der Waals surface area contributed by atoms with Gasteiger partial charge < -0.3 is 4.90 Å². The molecule has 0 aliphatic rings. The van der Waals surface area contributed by atoms with E-state index in [9.17, 15) is 9.59 Å². The number of aromatic nitrogens is 3. The average Bonchev–Trinajstić information content (AvgIpc) is 3.03. The second-order valence-electron chi connectivity index (χ2n) is 5.60. The molecule has 0 aliphatic carbocycles. The fourth-order valence-electron chi connectivity index (χ4n) is 2.66. The normalized spacial score (nSPS) is 11.1. The van der Waals surface area contributed by atoms with E-state index in [0.29, 0.717) is 10.2 Å². The number of carbonyl (C=O) groups excluding carboxylic acids is 1. The molecule has 7 heteroatoms. The minimum absolute atomic E-state index is 0.0607. The number of benzene rings is 1. The summed E-state index contributed by atoms with van der Waals surface area (Å²) in [6, 6.07) is 13.0. The minimum Gasteiger partial charge on any atom is -0.314 e. The predicted octanol–water partition coefficient (Wildman–Crippen LogP) is 2.67. The molecular formula is C18H14N4O2S. The monoisotopic (exact) mass is 350 g/mol. The van der Waals surface area contributed by atoms with E-state index in [1.54, 1.807) is 13.2 Å². The van der Waals surface area contributed by atoms with Crippen LogP contribution in [0.3, 0.4) is 0 Å². The summed E-state index contributed by atoms with van der Waals surface area (Å²) in [6.45, 7) is -0.0607. The number of nitrogens with zero attached hydrogens (tertiary/aromatic N) is 4. The van der Waals surface area contributed by atoms with Crippen molar-refractivity contribution >= 4 is 43.4 Å². The molecule has 0 aliphatic heterocycles. The van der Waals surface area contributed by atoms with Gasteiger partial charge >= 0.3 is 0 Å². The highest BCUT2D eigenvalue weighted by Crippen LogP contribution is 2.27. The molecule has 1 amide bonds. The summed E-state index contributed by atoms with van der Waals surface area (Å²) in [4.78, 5) is 36.2. The largest absolute Gasteiger partial charge is 0.314 e. The maximum Gasteiger partial charge on any atom is 0.271 e. The lowest BCUT2D eigenvalue weighted by Gasteiger charge is -2.17. The Kier molecular flexibility index (Phi) is 3.77. The number of rotatable bonds is 3. The van der Waals surface area contributed by atoms with Gasteiger partial charge in [-0.05, 0) is 24.3 Å². The zero-order chi connectivity index (χ0) is 17.4. The molecule has 25 heavy (non-hydrogen) atoms. The summed E-state index contributed by atoms with van der Waals surface area (Å²) in [5.74, 6) is -0.186. The zero-order valence-electron chi connectivity index (χ0n) is 13.4. The van der Waals surface area contributed by atoms with Crippen LogP contribution in [0.4, 0.5) is 5.69 Å². The fourth-order valence-corrected chi connectivity index (χ4v) is 3.71. The highest BCUT2D eigenvalue weighted by molar-refractivity contribution is 7.25. The molecule has 0 N–H and O–H groups in total. The quantitative estimate of drug-likeness (QED) is 0.570. The topological polar surface area (TPSA) is 68.1 Å². The van der Waals surface area contributed by atoms with Gasteiger partial charge in [0.15, 0.2) is 0 Å². The lowest BCUT2D eigenvalue weighted by atomic mass is 10.3. The van der Waals surface area contributed by atoms with Crippen LogP contribution in [0, 0.1) is 0 Å². The number of para-hydroxylation sites is 1. The Balaban J connectivity index is 1.70. The molecule has 3 heterocycles. The maximum absolute atomic E-state index is 12.7. The van der Waals surface area contributed by atoms with Crippen molar-refractivity contribution in [2.24, 2.45) is 0 Å². The standard InChI is InChI=1S/C18H14N4O2S/c1-21(12-6-3-2-4-7-12)14(23)10-22-11-20-15-13-8-5-9-19-17(13)25-16(15)18(22)24/h2-9,11H,10H2,1H3. The molecule has 0 saturated carbocycles. The average molecular weight is 350 g/mol. The van der Waals surface area contributed by atoms with Crippen LogP contribution >= 0.6 is 11.3 Å². The highest BCUT2D eigenvalue weighted by Gasteiger charge is 2.16. The van der Waals surface area contributed by atoms with Crippen LogP contribution in [0.5, 0.6) is 0 Å². The van der Waals surface area contributed by atoms with Crippen LogP contribution in [0.2, 0.25) is 0 Å². The van der Waals surface area contributed by atoms with Crippen LogP contribution in [0.1, 0.15) is 0 Å². The minimum atomic E-state index is -0.220. The first-order valence-corrected chi connectivity index (χ1v) is 8.51. The lowest BCUT2D eigenvalue weighted by molar-refractivity contribution is -0.118. The molecule has 4 aromatic rings. The van der Waals surface area contributed by atoms with Crippen LogP contribution in [-0.4, -0.2) is 27.5 Å². The van der Waals surface area contributed by atoms with E-state index in [-0.39, 0.29) is 18.0 Å². The van der Waals surface area contributed by atoms with E-state index < -0.39 is 0 Å². The third kappa shape index (κ3) is 2.68. The van der Waals surface area contributed by atoms with Crippen molar-refractivity contribution in [2.75, 3.05) is 11.9 Å². The van der Waals surface area contributed by atoms with E-state index in [1.165, 1.54) is 27.1 Å². The van der Waals surface area contributed by atoms with Gasteiger partial charge in [-0.1, -0.05) is 18.2 Å². The van der Waals surface area contributed by atoms with Gasteiger partial charge in [0.2, 0.25) is 5.91 Å². The Bertz CT molecular complexity index is 1130. The summed E-state index contributed by atoms with van der Waals surface area (Å²) < 4.78 is 1.87. The fraction of sp³-hybridized carbons (Fsp3) is 0.111. The number of thiophene rings is 1. The van der Waals surface area contributed by atoms with Crippen LogP contribution < -0.4 is 10.5 Å². The van der Waals surface area contributed by atoms with Gasteiger partial charge in [0, 0.05) is 24.3 Å². The van der Waals surface area contributed by atoms with Crippen molar-refractivity contribution in [3.63, 3.8) is 0 Å². The summed E-state index contributed by atoms with van der Waals surface area (Å²) in [5.41, 5.74) is 1.20. The summed E-state index contributed by atoms with van der Waals surface area (Å²) in [5, 5.41) is 0.861. The molecule has 0 radical (unpaired) electrons. The Morgan fingerprint density at radius 1 is 1.16 bits per heavy atom. The molecule has 0 atom stereocenters. The van der Waals surface area contributed by atoms with E-state index >= 15 is 0 Å². The van der Waals surface area contributed by atoms with Crippen molar-refractivity contribution in [2.45, 2.75) is 6.54 Å². The van der Waals surface area contributed by atoms with Gasteiger partial charge in [0.05, 0.1) is 11.8 Å². The Labute approximate surface area is 147 Å². The van der Waals surface area contributed by atoms with E-state index in [1.807, 2.05) is 42.5 Å². The van der Waals surface area contributed by atoms with Crippen LogP contribution in [0.15, 0.2) is 59.8 Å². The van der Waals surface area contributed by atoms with E-state index in [4.69, 9.17) is 0 Å². The van der Waals surface area contributed by atoms with Crippen molar-refractivity contribution in [3.8, 4) is 0 Å². The van der Waals surface area contributed by atoms with E-state index in [0.717, 1.165) is 15.9 Å². The molecule has 0 spiro atoms. The number of anilines is 1. The number of hydrogen-bond donors (Lipinski definition) is 0. The number of hydrogen-bond acceptors (Lipinski definition) is 5. The van der Waals surface area contributed by atoms with Gasteiger partial charge in [-0.3, -0.25) is 14.2 Å². The maximum atomic E-state index is 12.7. The van der Waals surface area contributed by atoms with Crippen LogP contribution in [-0.2, 0) is 11.3 Å². The van der Waals surface area contributed by atoms with Crippen LogP contribution in [0.25, 0.3) is 20.4 Å². The molecule has 1 aromatic carbocycles. The molecule has 124 valence electrons. The van der Waals surface area contributed by atoms with Crippen molar-refractivity contribution in [1.29, 1.82) is 0 Å². The van der Waals surface area contributed by atoms with Gasteiger partial charge in [0.1, 0.15) is 16.1 Å². The number of likely N-dealkylation sites (N-methyl/N-ethyl adjacent to an activating group) is 1.